The lowest BCUT2D eigenvalue weighted by Gasteiger charge is -2.11. The number of esters is 1. The first-order valence-electron chi connectivity index (χ1n) is 8.38. The number of aryl methyl sites for hydroxylation is 1. The fourth-order valence-corrected chi connectivity index (χ4v) is 3.71. The number of sulfonamides is 1. The summed E-state index contributed by atoms with van der Waals surface area (Å²) in [4.78, 5) is 11.9. The topological polar surface area (TPSA) is 72.5 Å². The van der Waals surface area contributed by atoms with Gasteiger partial charge in [-0.1, -0.05) is 35.9 Å². The molecule has 0 aliphatic rings. The summed E-state index contributed by atoms with van der Waals surface area (Å²) in [6, 6.07) is 17.2. The Morgan fingerprint density at radius 3 is 2.32 bits per heavy atom. The molecule has 0 aliphatic heterocycles. The van der Waals surface area contributed by atoms with Crippen LogP contribution in [0.3, 0.4) is 0 Å². The number of nitrogens with one attached hydrogen (secondary N) is 1. The summed E-state index contributed by atoms with van der Waals surface area (Å²) in [7, 11) is -2.57. The van der Waals surface area contributed by atoms with Gasteiger partial charge in [-0.2, -0.15) is 0 Å². The van der Waals surface area contributed by atoms with Gasteiger partial charge in [0, 0.05) is 5.69 Å². The van der Waals surface area contributed by atoms with Crippen LogP contribution in [-0.2, 0) is 14.8 Å². The Balaban J connectivity index is 1.93. The van der Waals surface area contributed by atoms with Crippen molar-refractivity contribution in [3.05, 3.63) is 83.7 Å². The summed E-state index contributed by atoms with van der Waals surface area (Å²) in [5.74, 6) is -1.47. The average Bonchev–Trinajstić information content (AvgIpc) is 2.68. The molecule has 28 heavy (non-hydrogen) atoms. The van der Waals surface area contributed by atoms with Crippen molar-refractivity contribution >= 4 is 21.7 Å². The highest BCUT2D eigenvalue weighted by atomic mass is 32.2. The standard InChI is InChI=1S/C21H18FNO4S/c1-14-6-9-18(10-7-14)28(25,26)23-17-5-3-4-15(12-17)16-8-11-20(22)19(13-16)21(24)27-2/h3-13,23H,1-2H3. The van der Waals surface area contributed by atoms with Crippen LogP contribution in [0.25, 0.3) is 11.1 Å². The summed E-state index contributed by atoms with van der Waals surface area (Å²) in [5, 5.41) is 0. The molecule has 0 atom stereocenters. The second-order valence-corrected chi connectivity index (χ2v) is 7.87. The Bertz CT molecular complexity index is 1130. The van der Waals surface area contributed by atoms with Crippen LogP contribution >= 0.6 is 0 Å². The predicted octanol–water partition coefficient (Wildman–Crippen LogP) is 4.39. The van der Waals surface area contributed by atoms with Crippen LogP contribution in [0.1, 0.15) is 15.9 Å². The van der Waals surface area contributed by atoms with Crippen LogP contribution in [-0.4, -0.2) is 21.5 Å². The van der Waals surface area contributed by atoms with E-state index in [4.69, 9.17) is 0 Å². The van der Waals surface area contributed by atoms with Crippen molar-refractivity contribution in [3.63, 3.8) is 0 Å². The molecule has 0 saturated carbocycles. The van der Waals surface area contributed by atoms with Crippen molar-refractivity contribution in [3.8, 4) is 11.1 Å². The molecular formula is C21H18FNO4S. The number of hydrogen-bond donors (Lipinski definition) is 1. The quantitative estimate of drug-likeness (QED) is 0.646. The van der Waals surface area contributed by atoms with Gasteiger partial charge in [-0.25, -0.2) is 17.6 Å². The molecule has 0 heterocycles. The van der Waals surface area contributed by atoms with E-state index in [1.807, 2.05) is 6.92 Å². The largest absolute Gasteiger partial charge is 0.465 e. The fourth-order valence-electron chi connectivity index (χ4n) is 2.66. The van der Waals surface area contributed by atoms with E-state index in [-0.39, 0.29) is 10.5 Å². The first-order chi connectivity index (χ1) is 13.3. The second-order valence-electron chi connectivity index (χ2n) is 6.19. The van der Waals surface area contributed by atoms with Crippen LogP contribution in [0.2, 0.25) is 0 Å². The molecule has 5 nitrogen and oxygen atoms in total. The lowest BCUT2D eigenvalue weighted by Crippen LogP contribution is -2.12. The highest BCUT2D eigenvalue weighted by molar-refractivity contribution is 7.92. The molecule has 0 radical (unpaired) electrons. The summed E-state index contributed by atoms with van der Waals surface area (Å²) >= 11 is 0. The first kappa shape index (κ1) is 19.6. The van der Waals surface area contributed by atoms with Crippen LogP contribution in [0.4, 0.5) is 10.1 Å². The van der Waals surface area contributed by atoms with Gasteiger partial charge in [0.15, 0.2) is 0 Å². The minimum absolute atomic E-state index is 0.151. The van der Waals surface area contributed by atoms with Crippen molar-refractivity contribution < 1.29 is 22.3 Å². The van der Waals surface area contributed by atoms with Crippen LogP contribution in [0.5, 0.6) is 0 Å². The van der Waals surface area contributed by atoms with Gasteiger partial charge in [0.25, 0.3) is 10.0 Å². The zero-order chi connectivity index (χ0) is 20.3. The molecule has 0 aliphatic carbocycles. The lowest BCUT2D eigenvalue weighted by atomic mass is 10.0. The maximum Gasteiger partial charge on any atom is 0.340 e. The van der Waals surface area contributed by atoms with E-state index in [1.165, 1.54) is 37.4 Å². The van der Waals surface area contributed by atoms with E-state index in [1.54, 1.807) is 36.4 Å². The van der Waals surface area contributed by atoms with Gasteiger partial charge in [-0.15, -0.1) is 0 Å². The molecule has 0 saturated heterocycles. The van der Waals surface area contributed by atoms with Gasteiger partial charge in [0.1, 0.15) is 5.82 Å². The zero-order valence-corrected chi connectivity index (χ0v) is 16.1. The van der Waals surface area contributed by atoms with E-state index < -0.39 is 21.8 Å². The SMILES string of the molecule is COC(=O)c1cc(-c2cccc(NS(=O)(=O)c3ccc(C)cc3)c2)ccc1F. The lowest BCUT2D eigenvalue weighted by molar-refractivity contribution is 0.0595. The van der Waals surface area contributed by atoms with Gasteiger partial charge in [0.05, 0.1) is 17.6 Å². The highest BCUT2D eigenvalue weighted by Gasteiger charge is 2.16. The van der Waals surface area contributed by atoms with Crippen molar-refractivity contribution in [2.45, 2.75) is 11.8 Å². The van der Waals surface area contributed by atoms with Gasteiger partial charge >= 0.3 is 5.97 Å². The Labute approximate surface area is 162 Å². The van der Waals surface area contributed by atoms with Gasteiger partial charge < -0.3 is 4.74 Å². The predicted molar refractivity (Wildman–Crippen MR) is 105 cm³/mol. The highest BCUT2D eigenvalue weighted by Crippen LogP contribution is 2.26. The second kappa shape index (κ2) is 7.82. The molecule has 7 heteroatoms. The monoisotopic (exact) mass is 399 g/mol. The molecule has 3 aromatic carbocycles. The molecule has 0 aromatic heterocycles. The molecule has 0 fully saturated rings. The summed E-state index contributed by atoms with van der Waals surface area (Å²) in [6.45, 7) is 1.87. The number of benzene rings is 3. The molecular weight excluding hydrogens is 381 g/mol. The van der Waals surface area contributed by atoms with Gasteiger partial charge in [-0.05, 0) is 54.4 Å². The molecule has 0 unspecified atom stereocenters. The van der Waals surface area contributed by atoms with Crippen molar-refractivity contribution in [1.29, 1.82) is 0 Å². The fraction of sp³-hybridized carbons (Fsp3) is 0.0952. The number of anilines is 1. The number of methoxy groups -OCH3 is 1. The summed E-state index contributed by atoms with van der Waals surface area (Å²) < 4.78 is 46.1. The van der Waals surface area contributed by atoms with Crippen LogP contribution < -0.4 is 4.72 Å². The van der Waals surface area contributed by atoms with Crippen LogP contribution in [0, 0.1) is 12.7 Å². The van der Waals surface area contributed by atoms with E-state index >= 15 is 0 Å². The van der Waals surface area contributed by atoms with E-state index in [9.17, 15) is 17.6 Å². The number of hydrogen-bond acceptors (Lipinski definition) is 4. The first-order valence-corrected chi connectivity index (χ1v) is 9.86. The molecule has 1 N–H and O–H groups in total. The molecule has 0 amide bonds. The Kier molecular flexibility index (Phi) is 5.46. The third-order valence-electron chi connectivity index (χ3n) is 4.15. The molecule has 144 valence electrons. The Morgan fingerprint density at radius 1 is 0.964 bits per heavy atom. The van der Waals surface area contributed by atoms with Crippen molar-refractivity contribution in [2.75, 3.05) is 11.8 Å². The minimum Gasteiger partial charge on any atom is -0.465 e. The Hall–Kier alpha value is -3.19. The van der Waals surface area contributed by atoms with E-state index in [0.29, 0.717) is 16.8 Å². The van der Waals surface area contributed by atoms with E-state index in [2.05, 4.69) is 9.46 Å². The third-order valence-corrected chi connectivity index (χ3v) is 5.55. The number of carbonyl (C=O) groups is 1. The van der Waals surface area contributed by atoms with Gasteiger partial charge in [-0.3, -0.25) is 4.72 Å². The maximum atomic E-state index is 13.8. The van der Waals surface area contributed by atoms with Gasteiger partial charge in [0.2, 0.25) is 0 Å². The minimum atomic E-state index is -3.75. The average molecular weight is 399 g/mol. The molecule has 0 spiro atoms. The molecule has 3 aromatic rings. The number of halogens is 1. The number of rotatable bonds is 5. The maximum absolute atomic E-state index is 13.8. The molecule has 3 rings (SSSR count). The normalized spacial score (nSPS) is 11.1. The van der Waals surface area contributed by atoms with Crippen molar-refractivity contribution in [2.24, 2.45) is 0 Å². The molecule has 0 bridgehead atoms. The smallest absolute Gasteiger partial charge is 0.340 e. The number of carbonyl (C=O) groups excluding carboxylic acids is 1. The zero-order valence-electron chi connectivity index (χ0n) is 15.3. The van der Waals surface area contributed by atoms with Crippen LogP contribution in [0.15, 0.2) is 71.6 Å². The van der Waals surface area contributed by atoms with E-state index in [0.717, 1.165) is 5.56 Å². The summed E-state index contributed by atoms with van der Waals surface area (Å²) in [5.41, 5.74) is 2.29. The van der Waals surface area contributed by atoms with Crippen molar-refractivity contribution in [1.82, 2.24) is 0 Å². The number of ether oxygens (including phenoxy) is 1. The summed E-state index contributed by atoms with van der Waals surface area (Å²) in [6.07, 6.45) is 0. The third kappa shape index (κ3) is 4.20. The Morgan fingerprint density at radius 2 is 1.64 bits per heavy atom.